The van der Waals surface area contributed by atoms with Crippen molar-refractivity contribution in [1.82, 2.24) is 4.98 Å². The first-order valence-corrected chi connectivity index (χ1v) is 6.19. The molecule has 0 aliphatic rings. The van der Waals surface area contributed by atoms with Crippen molar-refractivity contribution in [3.63, 3.8) is 0 Å². The SMILES string of the molecule is CCOC(=O)c1ccc(-c2ccc(C(=O)O)nc2)cc1F. The second-order valence-electron chi connectivity index (χ2n) is 4.15. The Hall–Kier alpha value is -2.76. The van der Waals surface area contributed by atoms with Crippen LogP contribution in [0.25, 0.3) is 11.1 Å². The summed E-state index contributed by atoms with van der Waals surface area (Å²) in [6.07, 6.45) is 1.34. The number of halogens is 1. The molecule has 0 aliphatic heterocycles. The summed E-state index contributed by atoms with van der Waals surface area (Å²) in [5, 5.41) is 8.76. The number of hydrogen-bond acceptors (Lipinski definition) is 4. The summed E-state index contributed by atoms with van der Waals surface area (Å²) in [5.74, 6) is -2.56. The second kappa shape index (κ2) is 6.13. The Morgan fingerprint density at radius 2 is 1.95 bits per heavy atom. The van der Waals surface area contributed by atoms with E-state index in [1.165, 1.54) is 30.5 Å². The van der Waals surface area contributed by atoms with Crippen LogP contribution in [0.4, 0.5) is 4.39 Å². The number of rotatable bonds is 4. The van der Waals surface area contributed by atoms with E-state index in [0.717, 1.165) is 0 Å². The van der Waals surface area contributed by atoms with Gasteiger partial charge >= 0.3 is 11.9 Å². The van der Waals surface area contributed by atoms with Gasteiger partial charge in [0.15, 0.2) is 0 Å². The lowest BCUT2D eigenvalue weighted by Gasteiger charge is -2.06. The number of carboxylic acid groups (broad SMARTS) is 1. The molecular formula is C15H12FNO4. The Labute approximate surface area is 120 Å². The number of aromatic nitrogens is 1. The Morgan fingerprint density at radius 3 is 2.48 bits per heavy atom. The molecule has 1 aromatic heterocycles. The number of hydrogen-bond donors (Lipinski definition) is 1. The van der Waals surface area contributed by atoms with E-state index >= 15 is 0 Å². The van der Waals surface area contributed by atoms with Crippen LogP contribution in [0.2, 0.25) is 0 Å². The van der Waals surface area contributed by atoms with Crippen LogP contribution < -0.4 is 0 Å². The number of carboxylic acids is 1. The highest BCUT2D eigenvalue weighted by Crippen LogP contribution is 2.22. The fourth-order valence-electron chi connectivity index (χ4n) is 1.76. The van der Waals surface area contributed by atoms with Crippen molar-refractivity contribution < 1.29 is 23.8 Å². The molecule has 0 unspecified atom stereocenters. The molecule has 6 heteroatoms. The van der Waals surface area contributed by atoms with Crippen LogP contribution in [0.15, 0.2) is 36.5 Å². The van der Waals surface area contributed by atoms with Gasteiger partial charge in [-0.15, -0.1) is 0 Å². The fraction of sp³-hybridized carbons (Fsp3) is 0.133. The highest BCUT2D eigenvalue weighted by molar-refractivity contribution is 5.90. The molecule has 0 spiro atoms. The summed E-state index contributed by atoms with van der Waals surface area (Å²) in [4.78, 5) is 26.0. The van der Waals surface area contributed by atoms with E-state index in [4.69, 9.17) is 9.84 Å². The molecule has 0 saturated carbocycles. The highest BCUT2D eigenvalue weighted by Gasteiger charge is 2.14. The fourth-order valence-corrected chi connectivity index (χ4v) is 1.76. The lowest BCUT2D eigenvalue weighted by atomic mass is 10.0. The lowest BCUT2D eigenvalue weighted by molar-refractivity contribution is 0.0520. The minimum atomic E-state index is -1.13. The maximum absolute atomic E-state index is 13.9. The minimum absolute atomic E-state index is 0.0950. The minimum Gasteiger partial charge on any atom is -0.477 e. The van der Waals surface area contributed by atoms with Crippen molar-refractivity contribution in [1.29, 1.82) is 0 Å². The van der Waals surface area contributed by atoms with Gasteiger partial charge in [0.05, 0.1) is 12.2 Å². The predicted molar refractivity (Wildman–Crippen MR) is 72.5 cm³/mol. The average molecular weight is 289 g/mol. The van der Waals surface area contributed by atoms with Gasteiger partial charge < -0.3 is 9.84 Å². The summed E-state index contributed by atoms with van der Waals surface area (Å²) in [6, 6.07) is 6.91. The molecular weight excluding hydrogens is 277 g/mol. The maximum Gasteiger partial charge on any atom is 0.354 e. The third-order valence-corrected chi connectivity index (χ3v) is 2.78. The van der Waals surface area contributed by atoms with Gasteiger partial charge in [0.1, 0.15) is 11.5 Å². The van der Waals surface area contributed by atoms with Crippen molar-refractivity contribution in [3.8, 4) is 11.1 Å². The van der Waals surface area contributed by atoms with Crippen molar-refractivity contribution in [2.24, 2.45) is 0 Å². The highest BCUT2D eigenvalue weighted by atomic mass is 19.1. The standard InChI is InChI=1S/C15H12FNO4/c1-2-21-15(20)11-5-3-9(7-12(11)16)10-4-6-13(14(18)19)17-8-10/h3-8H,2H2,1H3,(H,18,19). The Kier molecular flexibility index (Phi) is 4.27. The zero-order valence-electron chi connectivity index (χ0n) is 11.2. The van der Waals surface area contributed by atoms with Gasteiger partial charge in [-0.3, -0.25) is 0 Å². The normalized spacial score (nSPS) is 10.2. The van der Waals surface area contributed by atoms with Crippen molar-refractivity contribution in [3.05, 3.63) is 53.6 Å². The number of carbonyl (C=O) groups is 2. The molecule has 0 saturated heterocycles. The lowest BCUT2D eigenvalue weighted by Crippen LogP contribution is -2.07. The van der Waals surface area contributed by atoms with E-state index in [1.807, 2.05) is 0 Å². The topological polar surface area (TPSA) is 76.5 Å². The number of esters is 1. The number of aromatic carboxylic acids is 1. The molecule has 1 heterocycles. The number of pyridine rings is 1. The van der Waals surface area contributed by atoms with Crippen molar-refractivity contribution >= 4 is 11.9 Å². The van der Waals surface area contributed by atoms with E-state index in [-0.39, 0.29) is 17.9 Å². The zero-order chi connectivity index (χ0) is 15.4. The van der Waals surface area contributed by atoms with Crippen LogP contribution >= 0.6 is 0 Å². The first kappa shape index (κ1) is 14.6. The second-order valence-corrected chi connectivity index (χ2v) is 4.15. The molecule has 1 aromatic carbocycles. The summed E-state index contributed by atoms with van der Waals surface area (Å²) in [6.45, 7) is 1.81. The van der Waals surface area contributed by atoms with Gasteiger partial charge in [-0.25, -0.2) is 19.0 Å². The molecule has 0 atom stereocenters. The molecule has 0 radical (unpaired) electrons. The Morgan fingerprint density at radius 1 is 1.24 bits per heavy atom. The van der Waals surface area contributed by atoms with Gasteiger partial charge in [-0.1, -0.05) is 12.1 Å². The van der Waals surface area contributed by atoms with E-state index in [0.29, 0.717) is 11.1 Å². The molecule has 1 N–H and O–H groups in total. The first-order chi connectivity index (χ1) is 10.0. The Bertz CT molecular complexity index is 683. The predicted octanol–water partition coefficient (Wildman–Crippen LogP) is 2.76. The maximum atomic E-state index is 13.9. The van der Waals surface area contributed by atoms with E-state index < -0.39 is 17.8 Å². The van der Waals surface area contributed by atoms with Gasteiger partial charge in [-0.05, 0) is 30.7 Å². The quantitative estimate of drug-likeness (QED) is 0.876. The monoisotopic (exact) mass is 289 g/mol. The molecule has 2 aromatic rings. The van der Waals surface area contributed by atoms with Gasteiger partial charge in [0.25, 0.3) is 0 Å². The van der Waals surface area contributed by atoms with Crippen LogP contribution in [0.5, 0.6) is 0 Å². The van der Waals surface area contributed by atoms with Gasteiger partial charge in [-0.2, -0.15) is 0 Å². The summed E-state index contributed by atoms with van der Waals surface area (Å²) in [7, 11) is 0. The number of ether oxygens (including phenoxy) is 1. The first-order valence-electron chi connectivity index (χ1n) is 6.19. The van der Waals surface area contributed by atoms with Crippen LogP contribution in [-0.2, 0) is 4.74 Å². The summed E-state index contributed by atoms with van der Waals surface area (Å²) in [5.41, 5.74) is 0.803. The Balaban J connectivity index is 2.31. The molecule has 108 valence electrons. The largest absolute Gasteiger partial charge is 0.477 e. The van der Waals surface area contributed by atoms with Crippen LogP contribution in [0.3, 0.4) is 0 Å². The van der Waals surface area contributed by atoms with E-state index in [1.54, 1.807) is 13.0 Å². The average Bonchev–Trinajstić information content (AvgIpc) is 2.47. The molecule has 5 nitrogen and oxygen atoms in total. The van der Waals surface area contributed by atoms with Crippen LogP contribution in [0, 0.1) is 5.82 Å². The van der Waals surface area contributed by atoms with Crippen molar-refractivity contribution in [2.45, 2.75) is 6.92 Å². The molecule has 0 amide bonds. The van der Waals surface area contributed by atoms with Gasteiger partial charge in [0, 0.05) is 11.8 Å². The summed E-state index contributed by atoms with van der Waals surface area (Å²) < 4.78 is 18.6. The van der Waals surface area contributed by atoms with E-state index in [9.17, 15) is 14.0 Å². The molecule has 0 aliphatic carbocycles. The molecule has 21 heavy (non-hydrogen) atoms. The molecule has 0 bridgehead atoms. The van der Waals surface area contributed by atoms with Crippen LogP contribution in [0.1, 0.15) is 27.8 Å². The smallest absolute Gasteiger partial charge is 0.354 e. The zero-order valence-corrected chi connectivity index (χ0v) is 11.2. The van der Waals surface area contributed by atoms with Crippen molar-refractivity contribution in [2.75, 3.05) is 6.61 Å². The molecule has 2 rings (SSSR count). The van der Waals surface area contributed by atoms with Crippen LogP contribution in [-0.4, -0.2) is 28.6 Å². The van der Waals surface area contributed by atoms with E-state index in [2.05, 4.69) is 4.98 Å². The summed E-state index contributed by atoms with van der Waals surface area (Å²) >= 11 is 0. The van der Waals surface area contributed by atoms with Gasteiger partial charge in [0.2, 0.25) is 0 Å². The number of carbonyl (C=O) groups excluding carboxylic acids is 1. The third kappa shape index (κ3) is 3.22. The number of nitrogens with zero attached hydrogens (tertiary/aromatic N) is 1. The third-order valence-electron chi connectivity index (χ3n) is 2.78. The number of benzene rings is 1. The molecule has 0 fully saturated rings.